The van der Waals surface area contributed by atoms with Gasteiger partial charge in [0.1, 0.15) is 18.0 Å². The van der Waals surface area contributed by atoms with Crippen LogP contribution < -0.4 is 5.32 Å². The smallest absolute Gasteiger partial charge is 0.389 e. The molecule has 3 aliphatic heterocycles. The van der Waals surface area contributed by atoms with Crippen molar-refractivity contribution in [2.24, 2.45) is 5.16 Å². The summed E-state index contributed by atoms with van der Waals surface area (Å²) in [5.74, 6) is -0.841. The number of nitrogens with zero attached hydrogens (tertiary/aromatic N) is 1. The summed E-state index contributed by atoms with van der Waals surface area (Å²) >= 11 is 5.76. The number of alkyl halides is 3. The first kappa shape index (κ1) is 24.7. The molecule has 0 radical (unpaired) electrons. The molecule has 1 N–H and O–H groups in total. The van der Waals surface area contributed by atoms with Crippen molar-refractivity contribution in [2.75, 3.05) is 13.2 Å². The molecule has 6 rings (SSSR count). The van der Waals surface area contributed by atoms with Crippen LogP contribution in [0.15, 0.2) is 23.4 Å². The molecule has 35 heavy (non-hydrogen) atoms. The third-order valence-electron chi connectivity index (χ3n) is 7.40. The first-order valence-corrected chi connectivity index (χ1v) is 11.9. The molecule has 2 aliphatic carbocycles. The molecule has 4 fully saturated rings. The SMILES string of the molecule is O=C(COC1CC(OC(F)(F)F)C1)NC12CCC(C3CC(c4ccc(Cl)c(F)c4)=NO3)(CC1)OC2. The van der Waals surface area contributed by atoms with E-state index in [9.17, 15) is 22.4 Å². The second-order valence-corrected chi connectivity index (χ2v) is 10.1. The zero-order chi connectivity index (χ0) is 24.8. The molecule has 0 aromatic heterocycles. The van der Waals surface area contributed by atoms with Crippen molar-refractivity contribution in [3.05, 3.63) is 34.6 Å². The minimum atomic E-state index is -4.66. The molecule has 0 spiro atoms. The maximum Gasteiger partial charge on any atom is 0.522 e. The van der Waals surface area contributed by atoms with E-state index in [2.05, 4.69) is 15.2 Å². The molecular weight excluding hydrogens is 496 g/mol. The Labute approximate surface area is 204 Å². The van der Waals surface area contributed by atoms with Crippen LogP contribution in [0.3, 0.4) is 0 Å². The molecular formula is C23H25ClF4N2O5. The predicted molar refractivity (Wildman–Crippen MR) is 115 cm³/mol. The molecule has 1 unspecified atom stereocenters. The van der Waals surface area contributed by atoms with Gasteiger partial charge in [0.25, 0.3) is 0 Å². The zero-order valence-electron chi connectivity index (χ0n) is 18.7. The number of ether oxygens (including phenoxy) is 3. The number of rotatable bonds is 7. The van der Waals surface area contributed by atoms with Crippen LogP contribution in [0.25, 0.3) is 0 Å². The Morgan fingerprint density at radius 3 is 2.57 bits per heavy atom. The molecule has 192 valence electrons. The Morgan fingerprint density at radius 1 is 1.20 bits per heavy atom. The van der Waals surface area contributed by atoms with Gasteiger partial charge in [-0.05, 0) is 37.8 Å². The van der Waals surface area contributed by atoms with Crippen LogP contribution in [0.1, 0.15) is 50.5 Å². The number of benzene rings is 1. The topological polar surface area (TPSA) is 78.4 Å². The van der Waals surface area contributed by atoms with Crippen molar-refractivity contribution in [1.82, 2.24) is 5.32 Å². The van der Waals surface area contributed by atoms with E-state index in [1.54, 1.807) is 6.07 Å². The molecule has 2 saturated carbocycles. The average Bonchev–Trinajstić information content (AvgIpc) is 3.28. The van der Waals surface area contributed by atoms with Gasteiger partial charge in [0, 0.05) is 24.8 Å². The second kappa shape index (κ2) is 9.17. The van der Waals surface area contributed by atoms with Crippen LogP contribution in [0, 0.1) is 5.82 Å². The molecule has 1 aromatic rings. The van der Waals surface area contributed by atoms with Gasteiger partial charge in [0.2, 0.25) is 5.91 Å². The largest absolute Gasteiger partial charge is 0.522 e. The zero-order valence-corrected chi connectivity index (χ0v) is 19.5. The van der Waals surface area contributed by atoms with Gasteiger partial charge in [0.15, 0.2) is 6.10 Å². The Bertz CT molecular complexity index is 990. The lowest BCUT2D eigenvalue weighted by molar-refractivity contribution is -0.357. The summed E-state index contributed by atoms with van der Waals surface area (Å²) in [6.07, 6.45) is -2.90. The van der Waals surface area contributed by atoms with Crippen molar-refractivity contribution in [1.29, 1.82) is 0 Å². The van der Waals surface area contributed by atoms with Crippen LogP contribution in [0.4, 0.5) is 17.6 Å². The molecule has 1 aromatic carbocycles. The van der Waals surface area contributed by atoms with E-state index in [0.717, 1.165) is 0 Å². The van der Waals surface area contributed by atoms with Crippen LogP contribution in [0.5, 0.6) is 0 Å². The maximum absolute atomic E-state index is 13.8. The van der Waals surface area contributed by atoms with E-state index >= 15 is 0 Å². The van der Waals surface area contributed by atoms with Gasteiger partial charge in [-0.3, -0.25) is 9.53 Å². The first-order valence-electron chi connectivity index (χ1n) is 11.5. The summed E-state index contributed by atoms with van der Waals surface area (Å²) in [6, 6.07) is 4.52. The van der Waals surface area contributed by atoms with Gasteiger partial charge in [-0.15, -0.1) is 13.2 Å². The number of halogens is 5. The van der Waals surface area contributed by atoms with Gasteiger partial charge < -0.3 is 19.6 Å². The molecule has 1 amide bonds. The summed E-state index contributed by atoms with van der Waals surface area (Å²) in [5, 5.41) is 7.20. The number of nitrogens with one attached hydrogen (secondary N) is 1. The lowest BCUT2D eigenvalue weighted by atomic mass is 9.68. The van der Waals surface area contributed by atoms with Crippen molar-refractivity contribution >= 4 is 23.2 Å². The number of carbonyl (C=O) groups excluding carboxylic acids is 1. The molecule has 2 saturated heterocycles. The van der Waals surface area contributed by atoms with Crippen LogP contribution in [-0.4, -0.2) is 60.6 Å². The summed E-state index contributed by atoms with van der Waals surface area (Å²) in [7, 11) is 0. The van der Waals surface area contributed by atoms with Gasteiger partial charge in [0.05, 0.1) is 35.1 Å². The number of hydrogen-bond donors (Lipinski definition) is 1. The van der Waals surface area contributed by atoms with Crippen LogP contribution in [-0.2, 0) is 23.8 Å². The highest BCUT2D eigenvalue weighted by Gasteiger charge is 2.56. The van der Waals surface area contributed by atoms with Crippen LogP contribution >= 0.6 is 11.6 Å². The fourth-order valence-corrected chi connectivity index (χ4v) is 5.39. The Balaban J connectivity index is 1.08. The fraction of sp³-hybridized carbons (Fsp3) is 0.652. The lowest BCUT2D eigenvalue weighted by Crippen LogP contribution is -2.66. The highest BCUT2D eigenvalue weighted by Crippen LogP contribution is 2.48. The highest BCUT2D eigenvalue weighted by atomic mass is 35.5. The monoisotopic (exact) mass is 520 g/mol. The fourth-order valence-electron chi connectivity index (χ4n) is 5.27. The maximum atomic E-state index is 13.8. The Morgan fingerprint density at radius 2 is 1.94 bits per heavy atom. The summed E-state index contributed by atoms with van der Waals surface area (Å²) in [5.41, 5.74) is 0.210. The van der Waals surface area contributed by atoms with Gasteiger partial charge in [-0.25, -0.2) is 4.39 Å². The summed E-state index contributed by atoms with van der Waals surface area (Å²) < 4.78 is 66.0. The number of hydrogen-bond acceptors (Lipinski definition) is 6. The number of carbonyl (C=O) groups is 1. The van der Waals surface area contributed by atoms with Gasteiger partial charge in [-0.2, -0.15) is 0 Å². The minimum Gasteiger partial charge on any atom is -0.389 e. The van der Waals surface area contributed by atoms with Crippen molar-refractivity contribution < 1.29 is 41.4 Å². The second-order valence-electron chi connectivity index (χ2n) is 9.74. The number of amides is 1. The molecule has 3 heterocycles. The Hall–Kier alpha value is -1.95. The van der Waals surface area contributed by atoms with Crippen LogP contribution in [0.2, 0.25) is 5.02 Å². The number of oxime groups is 1. The van der Waals surface area contributed by atoms with Gasteiger partial charge >= 0.3 is 6.36 Å². The molecule has 2 bridgehead atoms. The van der Waals surface area contributed by atoms with E-state index in [1.807, 2.05) is 0 Å². The normalized spacial score (nSPS) is 34.2. The standard InChI is InChI=1S/C23H25ClF4N2O5/c24-16-2-1-13(7-17(16)25)18-10-19(35-30-18)22-5-3-21(4-6-22,12-33-22)29-20(31)11-32-14-8-15(9-14)34-23(26,27)28/h1-2,7,14-15,19H,3-6,8-12H2,(H,29,31). The molecule has 12 heteroatoms. The molecule has 5 aliphatic rings. The minimum absolute atomic E-state index is 0.0439. The highest BCUT2D eigenvalue weighted by molar-refractivity contribution is 6.30. The van der Waals surface area contributed by atoms with Gasteiger partial charge in [-0.1, -0.05) is 22.8 Å². The third-order valence-corrected chi connectivity index (χ3v) is 7.71. The van der Waals surface area contributed by atoms with Crippen molar-refractivity contribution in [3.8, 4) is 0 Å². The molecule has 7 nitrogen and oxygen atoms in total. The van der Waals surface area contributed by atoms with E-state index in [4.69, 9.17) is 25.9 Å². The van der Waals surface area contributed by atoms with Crippen molar-refractivity contribution in [2.45, 2.75) is 80.8 Å². The molecule has 1 atom stereocenters. The van der Waals surface area contributed by atoms with E-state index in [0.29, 0.717) is 50.0 Å². The lowest BCUT2D eigenvalue weighted by Gasteiger charge is -2.54. The summed E-state index contributed by atoms with van der Waals surface area (Å²) in [6.45, 7) is 0.0886. The average molecular weight is 521 g/mol. The van der Waals surface area contributed by atoms with E-state index in [1.165, 1.54) is 12.1 Å². The third kappa shape index (κ3) is 5.28. The number of fused-ring (bicyclic) bond motifs is 3. The van der Waals surface area contributed by atoms with Crippen molar-refractivity contribution in [3.63, 3.8) is 0 Å². The Kier molecular flexibility index (Phi) is 6.48. The van der Waals surface area contributed by atoms with E-state index in [-0.39, 0.29) is 36.5 Å². The quantitative estimate of drug-likeness (QED) is 0.544. The summed E-state index contributed by atoms with van der Waals surface area (Å²) in [4.78, 5) is 18.2. The van der Waals surface area contributed by atoms with E-state index < -0.39 is 35.5 Å². The first-order chi connectivity index (χ1) is 16.5. The predicted octanol–water partition coefficient (Wildman–Crippen LogP) is 4.25.